The number of aromatic nitrogens is 1. The molecular weight excluding hydrogens is 306 g/mol. The van der Waals surface area contributed by atoms with E-state index in [0.717, 1.165) is 17.0 Å². The Hall–Kier alpha value is -2.76. The van der Waals surface area contributed by atoms with Gasteiger partial charge in [-0.1, -0.05) is 0 Å². The predicted octanol–water partition coefficient (Wildman–Crippen LogP) is 3.19. The standard InChI is InChI=1S/C18H23N3O3/c1-11(2)24-16-7-6-14(9-17(16)23-5)18(22)21-19-10-15-8-12(3)20-13(15)4/h6-11,20H,1-5H3,(H,21,22)/b19-10+. The number of ether oxygens (including phenoxy) is 2. The largest absolute Gasteiger partial charge is 0.493 e. The Kier molecular flexibility index (Phi) is 5.63. The maximum atomic E-state index is 12.2. The van der Waals surface area contributed by atoms with Gasteiger partial charge in [-0.15, -0.1) is 0 Å². The van der Waals surface area contributed by atoms with E-state index in [1.54, 1.807) is 31.5 Å². The van der Waals surface area contributed by atoms with Gasteiger partial charge in [0.05, 0.1) is 19.4 Å². The highest BCUT2D eigenvalue weighted by Crippen LogP contribution is 2.28. The summed E-state index contributed by atoms with van der Waals surface area (Å²) < 4.78 is 10.9. The molecule has 2 rings (SSSR count). The fourth-order valence-corrected chi connectivity index (χ4v) is 2.26. The van der Waals surface area contributed by atoms with Crippen LogP contribution >= 0.6 is 0 Å². The van der Waals surface area contributed by atoms with Crippen molar-refractivity contribution in [3.63, 3.8) is 0 Å². The minimum Gasteiger partial charge on any atom is -0.493 e. The van der Waals surface area contributed by atoms with Crippen LogP contribution in [0, 0.1) is 13.8 Å². The number of nitrogens with one attached hydrogen (secondary N) is 2. The van der Waals surface area contributed by atoms with Gasteiger partial charge < -0.3 is 14.5 Å². The summed E-state index contributed by atoms with van der Waals surface area (Å²) in [7, 11) is 1.54. The van der Waals surface area contributed by atoms with E-state index < -0.39 is 0 Å². The lowest BCUT2D eigenvalue weighted by Crippen LogP contribution is -2.18. The Bertz CT molecular complexity index is 748. The van der Waals surface area contributed by atoms with Crippen molar-refractivity contribution in [2.45, 2.75) is 33.8 Å². The van der Waals surface area contributed by atoms with Crippen molar-refractivity contribution in [1.29, 1.82) is 0 Å². The van der Waals surface area contributed by atoms with Gasteiger partial charge in [0, 0.05) is 22.5 Å². The molecule has 0 fully saturated rings. The number of carbonyl (C=O) groups excluding carboxylic acids is 1. The summed E-state index contributed by atoms with van der Waals surface area (Å²) in [6, 6.07) is 6.99. The number of nitrogens with zero attached hydrogens (tertiary/aromatic N) is 1. The van der Waals surface area contributed by atoms with Crippen molar-refractivity contribution >= 4 is 12.1 Å². The third-order valence-corrected chi connectivity index (χ3v) is 3.35. The van der Waals surface area contributed by atoms with Crippen LogP contribution in [-0.2, 0) is 0 Å². The third-order valence-electron chi connectivity index (χ3n) is 3.35. The van der Waals surface area contributed by atoms with Gasteiger partial charge >= 0.3 is 0 Å². The lowest BCUT2D eigenvalue weighted by atomic mass is 10.2. The lowest BCUT2D eigenvalue weighted by molar-refractivity contribution is 0.0954. The number of carbonyl (C=O) groups is 1. The zero-order valence-electron chi connectivity index (χ0n) is 14.6. The second-order valence-electron chi connectivity index (χ2n) is 5.76. The Labute approximate surface area is 141 Å². The highest BCUT2D eigenvalue weighted by Gasteiger charge is 2.11. The van der Waals surface area contributed by atoms with Crippen LogP contribution in [0.5, 0.6) is 11.5 Å². The van der Waals surface area contributed by atoms with Crippen LogP contribution in [0.4, 0.5) is 0 Å². The van der Waals surface area contributed by atoms with E-state index in [2.05, 4.69) is 15.5 Å². The molecule has 0 aliphatic heterocycles. The first-order chi connectivity index (χ1) is 11.4. The van der Waals surface area contributed by atoms with E-state index in [0.29, 0.717) is 17.1 Å². The number of rotatable bonds is 6. The molecule has 1 amide bonds. The molecule has 0 saturated carbocycles. The molecule has 2 aromatic rings. The minimum absolute atomic E-state index is 0.0243. The SMILES string of the molecule is COc1cc(C(=O)N/N=C/c2cc(C)[nH]c2C)ccc1OC(C)C. The first-order valence-electron chi connectivity index (χ1n) is 7.75. The third kappa shape index (κ3) is 4.38. The van der Waals surface area contributed by atoms with Gasteiger partial charge in [0.2, 0.25) is 0 Å². The van der Waals surface area contributed by atoms with Crippen molar-refractivity contribution in [2.24, 2.45) is 5.10 Å². The van der Waals surface area contributed by atoms with E-state index >= 15 is 0 Å². The Balaban J connectivity index is 2.08. The van der Waals surface area contributed by atoms with Gasteiger partial charge in [-0.05, 0) is 52.0 Å². The maximum Gasteiger partial charge on any atom is 0.271 e. The molecule has 1 aromatic heterocycles. The van der Waals surface area contributed by atoms with Gasteiger partial charge in [0.25, 0.3) is 5.91 Å². The molecule has 0 bridgehead atoms. The highest BCUT2D eigenvalue weighted by molar-refractivity contribution is 5.95. The quantitative estimate of drug-likeness (QED) is 0.631. The molecule has 0 aliphatic rings. The first-order valence-corrected chi connectivity index (χ1v) is 7.75. The number of amides is 1. The molecule has 0 aliphatic carbocycles. The fraction of sp³-hybridized carbons (Fsp3) is 0.333. The van der Waals surface area contributed by atoms with Crippen LogP contribution in [0.1, 0.15) is 41.2 Å². The second-order valence-corrected chi connectivity index (χ2v) is 5.76. The van der Waals surface area contributed by atoms with E-state index in [1.807, 2.05) is 33.8 Å². The van der Waals surface area contributed by atoms with Gasteiger partial charge in [0.15, 0.2) is 11.5 Å². The number of hydrogen-bond acceptors (Lipinski definition) is 4. The summed E-state index contributed by atoms with van der Waals surface area (Å²) in [6.07, 6.45) is 1.64. The molecule has 0 atom stereocenters. The molecule has 128 valence electrons. The predicted molar refractivity (Wildman–Crippen MR) is 94.1 cm³/mol. The lowest BCUT2D eigenvalue weighted by Gasteiger charge is -2.14. The summed E-state index contributed by atoms with van der Waals surface area (Å²) in [6.45, 7) is 7.78. The smallest absolute Gasteiger partial charge is 0.271 e. The Morgan fingerprint density at radius 2 is 2.00 bits per heavy atom. The second kappa shape index (κ2) is 7.68. The molecule has 6 nitrogen and oxygen atoms in total. The number of hydrogen-bond donors (Lipinski definition) is 2. The highest BCUT2D eigenvalue weighted by atomic mass is 16.5. The number of aromatic amines is 1. The van der Waals surface area contributed by atoms with Crippen LogP contribution in [-0.4, -0.2) is 30.3 Å². The van der Waals surface area contributed by atoms with E-state index in [4.69, 9.17) is 9.47 Å². The number of methoxy groups -OCH3 is 1. The number of hydrazone groups is 1. The average molecular weight is 329 g/mol. The topological polar surface area (TPSA) is 75.7 Å². The van der Waals surface area contributed by atoms with E-state index in [1.165, 1.54) is 0 Å². The van der Waals surface area contributed by atoms with Gasteiger partial charge in [-0.25, -0.2) is 5.43 Å². The molecule has 1 heterocycles. The molecule has 1 aromatic carbocycles. The fourth-order valence-electron chi connectivity index (χ4n) is 2.26. The minimum atomic E-state index is -0.314. The van der Waals surface area contributed by atoms with Crippen molar-refractivity contribution in [3.05, 3.63) is 46.8 Å². The monoisotopic (exact) mass is 329 g/mol. The molecule has 0 unspecified atom stereocenters. The molecule has 0 saturated heterocycles. The molecule has 24 heavy (non-hydrogen) atoms. The van der Waals surface area contributed by atoms with Crippen molar-refractivity contribution in [1.82, 2.24) is 10.4 Å². The normalized spacial score (nSPS) is 11.1. The van der Waals surface area contributed by atoms with Gasteiger partial charge in [0.1, 0.15) is 0 Å². The zero-order chi connectivity index (χ0) is 17.7. The molecule has 0 radical (unpaired) electrons. The van der Waals surface area contributed by atoms with Crippen molar-refractivity contribution < 1.29 is 14.3 Å². The van der Waals surface area contributed by atoms with Crippen LogP contribution in [0.15, 0.2) is 29.4 Å². The molecular formula is C18H23N3O3. The van der Waals surface area contributed by atoms with E-state index in [-0.39, 0.29) is 12.0 Å². The van der Waals surface area contributed by atoms with Crippen LogP contribution in [0.25, 0.3) is 0 Å². The molecule has 0 spiro atoms. The molecule has 6 heteroatoms. The summed E-state index contributed by atoms with van der Waals surface area (Å²) >= 11 is 0. The number of aryl methyl sites for hydroxylation is 2. The Morgan fingerprint density at radius 1 is 1.25 bits per heavy atom. The van der Waals surface area contributed by atoms with Crippen LogP contribution in [0.3, 0.4) is 0 Å². The van der Waals surface area contributed by atoms with E-state index in [9.17, 15) is 4.79 Å². The average Bonchev–Trinajstić information content (AvgIpc) is 2.84. The van der Waals surface area contributed by atoms with Crippen LogP contribution < -0.4 is 14.9 Å². The van der Waals surface area contributed by atoms with Crippen molar-refractivity contribution in [3.8, 4) is 11.5 Å². The number of H-pyrrole nitrogens is 1. The summed E-state index contributed by atoms with van der Waals surface area (Å²) in [4.78, 5) is 15.4. The number of benzene rings is 1. The van der Waals surface area contributed by atoms with Gasteiger partial charge in [-0.2, -0.15) is 5.10 Å². The van der Waals surface area contributed by atoms with Crippen LogP contribution in [0.2, 0.25) is 0 Å². The molecule has 2 N–H and O–H groups in total. The van der Waals surface area contributed by atoms with Crippen molar-refractivity contribution in [2.75, 3.05) is 7.11 Å². The maximum absolute atomic E-state index is 12.2. The Morgan fingerprint density at radius 3 is 2.58 bits per heavy atom. The summed E-state index contributed by atoms with van der Waals surface area (Å²) in [5.41, 5.74) is 5.95. The zero-order valence-corrected chi connectivity index (χ0v) is 14.6. The first kappa shape index (κ1) is 17.6. The van der Waals surface area contributed by atoms with Gasteiger partial charge in [-0.3, -0.25) is 4.79 Å². The summed E-state index contributed by atoms with van der Waals surface area (Å²) in [5.74, 6) is 0.800. The summed E-state index contributed by atoms with van der Waals surface area (Å²) in [5, 5.41) is 4.00.